The van der Waals surface area contributed by atoms with Gasteiger partial charge in [-0.05, 0) is 24.6 Å². The molecule has 1 heterocycles. The Labute approximate surface area is 132 Å². The molecule has 0 atom stereocenters. The number of benzene rings is 1. The van der Waals surface area contributed by atoms with Crippen molar-refractivity contribution in [1.82, 2.24) is 9.78 Å². The number of anilines is 1. The summed E-state index contributed by atoms with van der Waals surface area (Å²) in [6, 6.07) is 4.80. The molecule has 5 nitrogen and oxygen atoms in total. The fraction of sp³-hybridized carbons (Fsp3) is 0.400. The van der Waals surface area contributed by atoms with E-state index in [2.05, 4.69) is 10.4 Å². The second-order valence-corrected chi connectivity index (χ2v) is 5.01. The molecule has 126 valence electrons. The Morgan fingerprint density at radius 1 is 1.26 bits per heavy atom. The Bertz CT molecular complexity index is 668. The van der Waals surface area contributed by atoms with Gasteiger partial charge in [0.05, 0.1) is 24.7 Å². The molecule has 8 heteroatoms. The van der Waals surface area contributed by atoms with Crippen LogP contribution in [-0.2, 0) is 13.6 Å². The zero-order valence-electron chi connectivity index (χ0n) is 13.1. The summed E-state index contributed by atoms with van der Waals surface area (Å²) < 4.78 is 48.3. The van der Waals surface area contributed by atoms with E-state index in [1.165, 1.54) is 13.2 Å². The van der Waals surface area contributed by atoms with Gasteiger partial charge in [-0.3, -0.25) is 4.68 Å². The van der Waals surface area contributed by atoms with Gasteiger partial charge in [0.25, 0.3) is 0 Å². The number of nitrogens with one attached hydrogen (secondary N) is 1. The molecule has 23 heavy (non-hydrogen) atoms. The number of nitrogens with zero attached hydrogens (tertiary/aromatic N) is 2. The molecular weight excluding hydrogens is 311 g/mol. The molecule has 0 radical (unpaired) electrons. The number of ether oxygens (including phenoxy) is 2. The first-order valence-corrected chi connectivity index (χ1v) is 6.89. The molecule has 1 aromatic carbocycles. The molecule has 0 aliphatic carbocycles. The van der Waals surface area contributed by atoms with Crippen LogP contribution in [0.15, 0.2) is 24.4 Å². The molecule has 0 aliphatic heterocycles. The SMILES string of the molecule is COc1cc(CNc2cnn(C)c2C)ccc1OCC(F)(F)F. The minimum Gasteiger partial charge on any atom is -0.493 e. The highest BCUT2D eigenvalue weighted by molar-refractivity contribution is 5.48. The molecule has 0 aliphatic rings. The molecular formula is C15H18F3N3O2. The fourth-order valence-electron chi connectivity index (χ4n) is 1.97. The Balaban J connectivity index is 2.05. The van der Waals surface area contributed by atoms with Gasteiger partial charge in [-0.1, -0.05) is 6.07 Å². The van der Waals surface area contributed by atoms with E-state index in [0.717, 1.165) is 16.9 Å². The zero-order chi connectivity index (χ0) is 17.0. The number of aromatic nitrogens is 2. The molecule has 0 spiro atoms. The first-order chi connectivity index (χ1) is 10.8. The smallest absolute Gasteiger partial charge is 0.422 e. The van der Waals surface area contributed by atoms with Crippen LogP contribution in [0.1, 0.15) is 11.3 Å². The largest absolute Gasteiger partial charge is 0.493 e. The summed E-state index contributed by atoms with van der Waals surface area (Å²) in [4.78, 5) is 0. The van der Waals surface area contributed by atoms with Crippen molar-refractivity contribution in [3.63, 3.8) is 0 Å². The first kappa shape index (κ1) is 17.0. The average molecular weight is 329 g/mol. The molecule has 1 N–H and O–H groups in total. The summed E-state index contributed by atoms with van der Waals surface area (Å²) in [5, 5.41) is 7.34. The van der Waals surface area contributed by atoms with Crippen LogP contribution in [0.25, 0.3) is 0 Å². The summed E-state index contributed by atoms with van der Waals surface area (Å²) in [6.07, 6.45) is -2.67. The predicted molar refractivity (Wildman–Crippen MR) is 79.8 cm³/mol. The lowest BCUT2D eigenvalue weighted by molar-refractivity contribution is -0.153. The van der Waals surface area contributed by atoms with E-state index in [4.69, 9.17) is 9.47 Å². The highest BCUT2D eigenvalue weighted by Gasteiger charge is 2.29. The van der Waals surface area contributed by atoms with Crippen LogP contribution in [0, 0.1) is 6.92 Å². The van der Waals surface area contributed by atoms with Gasteiger partial charge >= 0.3 is 6.18 Å². The number of methoxy groups -OCH3 is 1. The lowest BCUT2D eigenvalue weighted by Gasteiger charge is -2.14. The van der Waals surface area contributed by atoms with Crippen molar-refractivity contribution in [1.29, 1.82) is 0 Å². The second kappa shape index (κ2) is 6.80. The molecule has 2 rings (SSSR count). The highest BCUT2D eigenvalue weighted by Crippen LogP contribution is 2.30. The number of halogens is 3. The molecule has 0 amide bonds. The van der Waals surface area contributed by atoms with Crippen molar-refractivity contribution in [2.75, 3.05) is 19.0 Å². The third kappa shape index (κ3) is 4.54. The number of alkyl halides is 3. The Morgan fingerprint density at radius 3 is 2.57 bits per heavy atom. The van der Waals surface area contributed by atoms with Crippen LogP contribution < -0.4 is 14.8 Å². The standard InChI is InChI=1S/C15H18F3N3O2/c1-10-12(8-20-21(10)2)19-7-11-4-5-13(14(6-11)22-3)23-9-15(16,17)18/h4-6,8,19H,7,9H2,1-3H3. The van der Waals surface area contributed by atoms with E-state index in [1.807, 2.05) is 14.0 Å². The lowest BCUT2D eigenvalue weighted by Crippen LogP contribution is -2.19. The van der Waals surface area contributed by atoms with Gasteiger partial charge in [0.15, 0.2) is 18.1 Å². The maximum atomic E-state index is 12.2. The minimum absolute atomic E-state index is 0.0612. The summed E-state index contributed by atoms with van der Waals surface area (Å²) in [5.41, 5.74) is 2.73. The number of hydrogen-bond donors (Lipinski definition) is 1. The Hall–Kier alpha value is -2.38. The minimum atomic E-state index is -4.39. The van der Waals surface area contributed by atoms with Crippen molar-refractivity contribution in [2.24, 2.45) is 7.05 Å². The second-order valence-electron chi connectivity index (χ2n) is 5.01. The molecule has 1 aromatic heterocycles. The van der Waals surface area contributed by atoms with E-state index < -0.39 is 12.8 Å². The van der Waals surface area contributed by atoms with E-state index in [-0.39, 0.29) is 11.5 Å². The highest BCUT2D eigenvalue weighted by atomic mass is 19.4. The molecule has 2 aromatic rings. The average Bonchev–Trinajstić information content (AvgIpc) is 2.82. The monoisotopic (exact) mass is 329 g/mol. The van der Waals surface area contributed by atoms with E-state index in [0.29, 0.717) is 6.54 Å². The summed E-state index contributed by atoms with van der Waals surface area (Å²) >= 11 is 0. The van der Waals surface area contributed by atoms with E-state index in [9.17, 15) is 13.2 Å². The van der Waals surface area contributed by atoms with Gasteiger partial charge in [0.1, 0.15) is 0 Å². The lowest BCUT2D eigenvalue weighted by atomic mass is 10.2. The molecule has 0 fully saturated rings. The van der Waals surface area contributed by atoms with E-state index >= 15 is 0 Å². The van der Waals surface area contributed by atoms with Crippen molar-refractivity contribution in [3.05, 3.63) is 35.7 Å². The van der Waals surface area contributed by atoms with Crippen molar-refractivity contribution >= 4 is 5.69 Å². The first-order valence-electron chi connectivity index (χ1n) is 6.89. The van der Waals surface area contributed by atoms with Crippen LogP contribution in [0.5, 0.6) is 11.5 Å². The zero-order valence-corrected chi connectivity index (χ0v) is 13.1. The number of rotatable bonds is 6. The molecule has 0 saturated carbocycles. The maximum absolute atomic E-state index is 12.2. The Kier molecular flexibility index (Phi) is 5.02. The van der Waals surface area contributed by atoms with Gasteiger partial charge in [-0.2, -0.15) is 18.3 Å². The quantitative estimate of drug-likeness (QED) is 0.883. The van der Waals surface area contributed by atoms with Gasteiger partial charge in [0.2, 0.25) is 0 Å². The van der Waals surface area contributed by atoms with Crippen LogP contribution in [-0.4, -0.2) is 29.7 Å². The molecule has 0 saturated heterocycles. The summed E-state index contributed by atoms with van der Waals surface area (Å²) in [6.45, 7) is 1.07. The summed E-state index contributed by atoms with van der Waals surface area (Å²) in [7, 11) is 3.23. The fourth-order valence-corrected chi connectivity index (χ4v) is 1.97. The van der Waals surface area contributed by atoms with Crippen LogP contribution >= 0.6 is 0 Å². The predicted octanol–water partition coefficient (Wildman–Crippen LogP) is 3.29. The molecule has 0 unspecified atom stereocenters. The molecule has 0 bridgehead atoms. The van der Waals surface area contributed by atoms with Crippen molar-refractivity contribution < 1.29 is 22.6 Å². The van der Waals surface area contributed by atoms with Crippen molar-refractivity contribution in [2.45, 2.75) is 19.6 Å². The van der Waals surface area contributed by atoms with Gasteiger partial charge in [0, 0.05) is 13.6 Å². The summed E-state index contributed by atoms with van der Waals surface area (Å²) in [5.74, 6) is 0.322. The van der Waals surface area contributed by atoms with Gasteiger partial charge < -0.3 is 14.8 Å². The van der Waals surface area contributed by atoms with Crippen LogP contribution in [0.2, 0.25) is 0 Å². The van der Waals surface area contributed by atoms with Crippen LogP contribution in [0.3, 0.4) is 0 Å². The van der Waals surface area contributed by atoms with Crippen molar-refractivity contribution in [3.8, 4) is 11.5 Å². The van der Waals surface area contributed by atoms with Gasteiger partial charge in [-0.25, -0.2) is 0 Å². The van der Waals surface area contributed by atoms with Gasteiger partial charge in [-0.15, -0.1) is 0 Å². The maximum Gasteiger partial charge on any atom is 0.422 e. The Morgan fingerprint density at radius 2 is 2.00 bits per heavy atom. The third-order valence-electron chi connectivity index (χ3n) is 3.34. The number of hydrogen-bond acceptors (Lipinski definition) is 4. The topological polar surface area (TPSA) is 48.3 Å². The third-order valence-corrected chi connectivity index (χ3v) is 3.34. The normalized spacial score (nSPS) is 11.4. The number of aryl methyl sites for hydroxylation is 1. The van der Waals surface area contributed by atoms with Crippen LogP contribution in [0.4, 0.5) is 18.9 Å². The van der Waals surface area contributed by atoms with E-state index in [1.54, 1.807) is 23.0 Å².